The standard InChI is InChI=1S/C44H57ClN4O7/c1-28-14-17-36-29(2)41(53-42-44(36)35(28)18-20-43(3,54-42)55-56-44)52-27-30-10-9-11-31(24-30)40(51)49(26-39(50)48-33-12-5-4-6-13-33)23-8-7-21-46-37-19-22-47-38-25-32(45)15-16-34(37)38/h9-11,15-16,19,22,24-25,28-29,33,35-36,41-42H,4-8,12-14,17-18,20-21,23,26-27H2,1-3H3,(H,46,47)(H,48,50)/t28-,29-,35+,36+,41+,42-,43-,44-/m1/s1. The summed E-state index contributed by atoms with van der Waals surface area (Å²) in [5, 5.41) is 8.38. The van der Waals surface area contributed by atoms with Crippen molar-refractivity contribution in [1.82, 2.24) is 15.2 Å². The average Bonchev–Trinajstić information content (AvgIpc) is 3.43. The number of aromatic nitrogens is 1. The Morgan fingerprint density at radius 2 is 1.84 bits per heavy atom. The molecule has 2 saturated carbocycles. The van der Waals surface area contributed by atoms with Crippen molar-refractivity contribution in [1.29, 1.82) is 0 Å². The van der Waals surface area contributed by atoms with Gasteiger partial charge >= 0.3 is 0 Å². The van der Waals surface area contributed by atoms with Crippen LogP contribution < -0.4 is 10.6 Å². The van der Waals surface area contributed by atoms with Crippen molar-refractivity contribution in [3.8, 4) is 0 Å². The number of rotatable bonds is 13. The number of nitrogens with zero attached hydrogens (tertiary/aromatic N) is 2. The minimum absolute atomic E-state index is 0.0154. The first-order valence-electron chi connectivity index (χ1n) is 20.9. The molecule has 3 aromatic rings. The number of hydrogen-bond acceptors (Lipinski definition) is 9. The van der Waals surface area contributed by atoms with Crippen LogP contribution in [0.3, 0.4) is 0 Å². The molecule has 6 fully saturated rings. The Hall–Kier alpha value is -3.32. The second-order valence-electron chi connectivity index (χ2n) is 17.1. The van der Waals surface area contributed by atoms with Crippen molar-refractivity contribution in [2.24, 2.45) is 23.7 Å². The minimum Gasteiger partial charge on any atom is -0.384 e. The Labute approximate surface area is 335 Å². The van der Waals surface area contributed by atoms with Crippen LogP contribution in [0.2, 0.25) is 5.02 Å². The highest BCUT2D eigenvalue weighted by Gasteiger charge is 2.69. The molecule has 2 aliphatic carbocycles. The fourth-order valence-electron chi connectivity index (χ4n) is 10.1. The average molecular weight is 789 g/mol. The van der Waals surface area contributed by atoms with Crippen LogP contribution in [-0.2, 0) is 35.4 Å². The number of ether oxygens (including phenoxy) is 3. The molecular weight excluding hydrogens is 732 g/mol. The van der Waals surface area contributed by atoms with Crippen LogP contribution in [0.4, 0.5) is 5.69 Å². The van der Waals surface area contributed by atoms with Crippen molar-refractivity contribution in [2.75, 3.05) is 25.0 Å². The Morgan fingerprint density at radius 3 is 2.70 bits per heavy atom. The first-order valence-corrected chi connectivity index (χ1v) is 21.3. The van der Waals surface area contributed by atoms with Crippen molar-refractivity contribution >= 4 is 40.0 Å². The monoisotopic (exact) mass is 788 g/mol. The highest BCUT2D eigenvalue weighted by molar-refractivity contribution is 6.31. The summed E-state index contributed by atoms with van der Waals surface area (Å²) in [6, 6.07) is 15.4. The van der Waals surface area contributed by atoms with Gasteiger partial charge < -0.3 is 29.7 Å². The van der Waals surface area contributed by atoms with Gasteiger partial charge in [-0.2, -0.15) is 0 Å². The maximum atomic E-state index is 14.2. The van der Waals surface area contributed by atoms with Gasteiger partial charge in [0.25, 0.3) is 5.91 Å². The normalized spacial score (nSPS) is 31.4. The summed E-state index contributed by atoms with van der Waals surface area (Å²) in [6.07, 6.45) is 11.5. The first kappa shape index (κ1) is 39.5. The van der Waals surface area contributed by atoms with E-state index in [0.717, 1.165) is 86.4 Å². The molecule has 11 nitrogen and oxygen atoms in total. The van der Waals surface area contributed by atoms with E-state index in [0.29, 0.717) is 29.6 Å². The molecule has 6 aliphatic rings. The number of fused-ring (bicyclic) bond motifs is 3. The highest BCUT2D eigenvalue weighted by Crippen LogP contribution is 2.60. The summed E-state index contributed by atoms with van der Waals surface area (Å²) in [7, 11) is 0. The van der Waals surface area contributed by atoms with Crippen LogP contribution in [0.1, 0.15) is 107 Å². The fourth-order valence-corrected chi connectivity index (χ4v) is 10.3. The number of benzene rings is 2. The van der Waals surface area contributed by atoms with E-state index in [1.54, 1.807) is 11.1 Å². The van der Waals surface area contributed by atoms with Crippen LogP contribution in [0, 0.1) is 23.7 Å². The van der Waals surface area contributed by atoms with Gasteiger partial charge in [0.1, 0.15) is 0 Å². The topological polar surface area (TPSA) is 120 Å². The molecule has 302 valence electrons. The van der Waals surface area contributed by atoms with Crippen LogP contribution in [0.15, 0.2) is 54.7 Å². The van der Waals surface area contributed by atoms with Gasteiger partial charge in [-0.3, -0.25) is 14.6 Å². The number of carbonyl (C=O) groups excluding carboxylic acids is 2. The molecule has 9 rings (SSSR count). The van der Waals surface area contributed by atoms with Gasteiger partial charge in [0, 0.05) is 65.2 Å². The van der Waals surface area contributed by atoms with Gasteiger partial charge in [0.15, 0.2) is 18.2 Å². The molecule has 1 spiro atoms. The van der Waals surface area contributed by atoms with Crippen molar-refractivity contribution in [3.05, 3.63) is 70.9 Å². The number of hydrogen-bond donors (Lipinski definition) is 2. The van der Waals surface area contributed by atoms with E-state index in [2.05, 4.69) is 29.5 Å². The molecular formula is C44H57ClN4O7. The maximum absolute atomic E-state index is 14.2. The van der Waals surface area contributed by atoms with Crippen LogP contribution in [0.5, 0.6) is 0 Å². The molecule has 2 amide bonds. The van der Waals surface area contributed by atoms with Crippen molar-refractivity contribution in [2.45, 2.75) is 128 Å². The number of amides is 2. The molecule has 4 saturated heterocycles. The number of nitrogens with one attached hydrogen (secondary N) is 2. The quantitative estimate of drug-likeness (QED) is 0.130. The number of pyridine rings is 1. The van der Waals surface area contributed by atoms with Crippen molar-refractivity contribution < 1.29 is 33.6 Å². The van der Waals surface area contributed by atoms with Gasteiger partial charge in [-0.15, -0.1) is 0 Å². The molecule has 56 heavy (non-hydrogen) atoms. The number of halogens is 1. The van der Waals surface area contributed by atoms with Gasteiger partial charge in [-0.1, -0.05) is 56.8 Å². The smallest absolute Gasteiger partial charge is 0.254 e. The summed E-state index contributed by atoms with van der Waals surface area (Å²) >= 11 is 6.18. The van der Waals surface area contributed by atoms with E-state index in [4.69, 9.17) is 35.6 Å². The second-order valence-corrected chi connectivity index (χ2v) is 17.5. The predicted molar refractivity (Wildman–Crippen MR) is 213 cm³/mol. The van der Waals surface area contributed by atoms with Crippen molar-refractivity contribution in [3.63, 3.8) is 0 Å². The number of unbranched alkanes of at least 4 members (excludes halogenated alkanes) is 1. The number of anilines is 1. The minimum atomic E-state index is -0.850. The van der Waals surface area contributed by atoms with Crippen LogP contribution in [-0.4, -0.2) is 71.3 Å². The SMILES string of the molecule is C[C@H]1[C@@H](OCc2cccc(C(=O)N(CCCCNc3ccnc4cc(Cl)ccc34)CC(=O)NC3CCCCC3)c2)O[C@@H]2O[C@@]3(C)CC[C@H]4[C@H](C)CC[C@@H]1[C@@]24OO3. The first-order chi connectivity index (χ1) is 27.1. The molecule has 1 aromatic heterocycles. The molecule has 2 aromatic carbocycles. The zero-order valence-electron chi connectivity index (χ0n) is 33.0. The predicted octanol–water partition coefficient (Wildman–Crippen LogP) is 8.40. The lowest BCUT2D eigenvalue weighted by Gasteiger charge is -2.60. The molecule has 5 heterocycles. The third-order valence-electron chi connectivity index (χ3n) is 13.2. The Bertz CT molecular complexity index is 1880. The number of carbonyl (C=O) groups is 2. The summed E-state index contributed by atoms with van der Waals surface area (Å²) in [5.41, 5.74) is 2.56. The Morgan fingerprint density at radius 1 is 0.982 bits per heavy atom. The fraction of sp³-hybridized carbons (Fsp3) is 0.614. The summed E-state index contributed by atoms with van der Waals surface area (Å²) < 4.78 is 19.7. The molecule has 2 bridgehead atoms. The largest absolute Gasteiger partial charge is 0.384 e. The molecule has 0 radical (unpaired) electrons. The Kier molecular flexibility index (Phi) is 11.9. The summed E-state index contributed by atoms with van der Waals surface area (Å²) in [4.78, 5) is 45.9. The lowest BCUT2D eigenvalue weighted by atomic mass is 9.58. The van der Waals surface area contributed by atoms with E-state index in [9.17, 15) is 9.59 Å². The van der Waals surface area contributed by atoms with E-state index < -0.39 is 24.0 Å². The highest BCUT2D eigenvalue weighted by atomic mass is 35.5. The summed E-state index contributed by atoms with van der Waals surface area (Å²) in [6.45, 7) is 7.85. The lowest BCUT2D eigenvalue weighted by molar-refractivity contribution is -0.577. The van der Waals surface area contributed by atoms with E-state index in [1.165, 1.54) is 6.42 Å². The third kappa shape index (κ3) is 8.18. The zero-order chi connectivity index (χ0) is 38.9. The molecule has 2 N–H and O–H groups in total. The van der Waals surface area contributed by atoms with Gasteiger partial charge in [0.05, 0.1) is 18.7 Å². The Balaban J connectivity index is 0.914. The molecule has 8 atom stereocenters. The molecule has 4 aliphatic heterocycles. The molecule has 0 unspecified atom stereocenters. The van der Waals surface area contributed by atoms with Gasteiger partial charge in [-0.25, -0.2) is 9.78 Å². The van der Waals surface area contributed by atoms with Crippen LogP contribution in [0.25, 0.3) is 10.9 Å². The zero-order valence-corrected chi connectivity index (χ0v) is 33.7. The second kappa shape index (κ2) is 16.9. The maximum Gasteiger partial charge on any atom is 0.254 e. The van der Waals surface area contributed by atoms with E-state index in [1.807, 2.05) is 55.5 Å². The van der Waals surface area contributed by atoms with Gasteiger partial charge in [-0.05, 0) is 106 Å². The van der Waals surface area contributed by atoms with Crippen LogP contribution >= 0.6 is 11.6 Å². The summed E-state index contributed by atoms with van der Waals surface area (Å²) in [5.74, 6) is -0.154. The third-order valence-corrected chi connectivity index (χ3v) is 13.4. The molecule has 12 heteroatoms. The van der Waals surface area contributed by atoms with E-state index in [-0.39, 0.29) is 48.8 Å². The lowest BCUT2D eigenvalue weighted by Crippen LogP contribution is -2.70. The van der Waals surface area contributed by atoms with E-state index >= 15 is 0 Å². The van der Waals surface area contributed by atoms with Gasteiger partial charge in [0.2, 0.25) is 11.7 Å².